The predicted octanol–water partition coefficient (Wildman–Crippen LogP) is 5.04. The molecule has 1 saturated heterocycles. The quantitative estimate of drug-likeness (QED) is 0.220. The van der Waals surface area contributed by atoms with Crippen LogP contribution in [0.4, 0.5) is 0 Å². The minimum atomic E-state index is -0.955. The molecule has 38 heavy (non-hydrogen) atoms. The molecule has 0 radical (unpaired) electrons. The third kappa shape index (κ3) is 5.60. The van der Waals surface area contributed by atoms with Gasteiger partial charge in [0.05, 0.1) is 6.10 Å². The summed E-state index contributed by atoms with van der Waals surface area (Å²) >= 11 is 0. The van der Waals surface area contributed by atoms with Crippen molar-refractivity contribution >= 4 is 5.97 Å². The SMILES string of the molecule is C=C1/C(=C/C=C2/CCC[C@]3(C)[C@@H](C(C)CC4OC(=O)C(=C)C4CC)CC[C@@H]23)CC(O)C(OCCCO)C1O. The number of aliphatic hydroxyl groups excluding tert-OH is 3. The number of hydrogen-bond donors (Lipinski definition) is 3. The third-order valence-electron chi connectivity index (χ3n) is 10.2. The Labute approximate surface area is 228 Å². The number of allylic oxidation sites excluding steroid dienone is 3. The van der Waals surface area contributed by atoms with Gasteiger partial charge in [0.25, 0.3) is 0 Å². The van der Waals surface area contributed by atoms with Gasteiger partial charge >= 0.3 is 5.97 Å². The van der Waals surface area contributed by atoms with Gasteiger partial charge in [-0.3, -0.25) is 0 Å². The number of rotatable bonds is 9. The highest BCUT2D eigenvalue weighted by molar-refractivity contribution is 5.90. The number of esters is 1. The lowest BCUT2D eigenvalue weighted by atomic mass is 9.60. The van der Waals surface area contributed by atoms with Crippen molar-refractivity contribution in [2.75, 3.05) is 13.2 Å². The molecule has 0 amide bonds. The first-order valence-corrected chi connectivity index (χ1v) is 14.7. The summed E-state index contributed by atoms with van der Waals surface area (Å²) < 4.78 is 11.4. The van der Waals surface area contributed by atoms with Crippen molar-refractivity contribution in [3.8, 4) is 0 Å². The number of fused-ring (bicyclic) bond motifs is 1. The smallest absolute Gasteiger partial charge is 0.334 e. The van der Waals surface area contributed by atoms with Crippen molar-refractivity contribution in [2.24, 2.45) is 29.1 Å². The van der Waals surface area contributed by atoms with E-state index >= 15 is 0 Å². The Morgan fingerprint density at radius 2 is 1.97 bits per heavy atom. The Hall–Kier alpha value is -1.73. The van der Waals surface area contributed by atoms with E-state index in [0.717, 1.165) is 31.3 Å². The maximum Gasteiger partial charge on any atom is 0.334 e. The normalized spacial score (nSPS) is 40.6. The molecule has 3 aliphatic carbocycles. The average molecular weight is 529 g/mol. The van der Waals surface area contributed by atoms with Crippen LogP contribution in [-0.2, 0) is 14.3 Å². The van der Waals surface area contributed by atoms with Crippen molar-refractivity contribution in [1.82, 2.24) is 0 Å². The molecule has 6 nitrogen and oxygen atoms in total. The molecule has 4 fully saturated rings. The number of cyclic esters (lactones) is 1. The van der Waals surface area contributed by atoms with Gasteiger partial charge in [0.1, 0.15) is 18.3 Å². The fraction of sp³-hybridized carbons (Fsp3) is 0.719. The molecule has 0 aromatic rings. The second-order valence-corrected chi connectivity index (χ2v) is 12.4. The van der Waals surface area contributed by atoms with E-state index < -0.39 is 18.3 Å². The minimum Gasteiger partial charge on any atom is -0.458 e. The lowest BCUT2D eigenvalue weighted by molar-refractivity contribution is -0.140. The molecule has 9 atom stereocenters. The van der Waals surface area contributed by atoms with E-state index in [2.05, 4.69) is 46.1 Å². The first kappa shape index (κ1) is 29.3. The Kier molecular flexibility index (Phi) is 9.39. The molecule has 0 aromatic heterocycles. The van der Waals surface area contributed by atoms with Gasteiger partial charge in [-0.05, 0) is 85.7 Å². The average Bonchev–Trinajstić information content (AvgIpc) is 3.37. The highest BCUT2D eigenvalue weighted by Crippen LogP contribution is 2.60. The molecular weight excluding hydrogens is 480 g/mol. The van der Waals surface area contributed by atoms with Gasteiger partial charge in [0, 0.05) is 31.1 Å². The summed E-state index contributed by atoms with van der Waals surface area (Å²) in [6.07, 6.45) is 10.2. The van der Waals surface area contributed by atoms with Crippen molar-refractivity contribution in [3.05, 3.63) is 47.6 Å². The number of aliphatic hydroxyl groups is 3. The number of carbonyl (C=O) groups excluding carboxylic acids is 1. The molecule has 6 heteroatoms. The van der Waals surface area contributed by atoms with Gasteiger partial charge in [-0.25, -0.2) is 4.79 Å². The van der Waals surface area contributed by atoms with E-state index in [9.17, 15) is 15.0 Å². The molecule has 212 valence electrons. The van der Waals surface area contributed by atoms with Gasteiger partial charge in [0.15, 0.2) is 0 Å². The van der Waals surface area contributed by atoms with E-state index in [1.54, 1.807) is 0 Å². The molecule has 4 rings (SSSR count). The molecule has 4 aliphatic rings. The molecule has 6 unspecified atom stereocenters. The highest BCUT2D eigenvalue weighted by atomic mass is 16.6. The number of hydrogen-bond acceptors (Lipinski definition) is 6. The van der Waals surface area contributed by atoms with E-state index in [-0.39, 0.29) is 30.0 Å². The van der Waals surface area contributed by atoms with E-state index in [4.69, 9.17) is 14.6 Å². The molecule has 0 aromatic carbocycles. The molecule has 3 saturated carbocycles. The fourth-order valence-electron chi connectivity index (χ4n) is 8.08. The van der Waals surface area contributed by atoms with Crippen LogP contribution in [-0.4, -0.2) is 58.9 Å². The molecular formula is C32H48O6. The molecule has 1 aliphatic heterocycles. The predicted molar refractivity (Wildman–Crippen MR) is 148 cm³/mol. The van der Waals surface area contributed by atoms with Crippen LogP contribution in [0.3, 0.4) is 0 Å². The fourth-order valence-corrected chi connectivity index (χ4v) is 8.08. The first-order valence-electron chi connectivity index (χ1n) is 14.7. The summed E-state index contributed by atoms with van der Waals surface area (Å²) in [5, 5.41) is 30.4. The standard InChI is InChI=1S/C32H48O6/c1-6-24-21(4)31(36)38-28(24)17-19(2)25-12-13-26-22(9-7-14-32(25,26)5)10-11-23-18-27(34)30(29(35)20(23)3)37-16-8-15-33/h10-11,19,24-30,33-35H,3-4,6-9,12-18H2,1-2,5H3/b22-10-,23-11+/t19?,24?,25-,26+,27?,28?,29?,30?,32-/m1/s1. The zero-order valence-electron chi connectivity index (χ0n) is 23.5. The van der Waals surface area contributed by atoms with E-state index in [1.807, 2.05) is 0 Å². The van der Waals surface area contributed by atoms with Crippen LogP contribution in [0.25, 0.3) is 0 Å². The lowest BCUT2D eigenvalue weighted by Gasteiger charge is -2.45. The third-order valence-corrected chi connectivity index (χ3v) is 10.2. The topological polar surface area (TPSA) is 96.2 Å². The van der Waals surface area contributed by atoms with Crippen molar-refractivity contribution < 1.29 is 29.6 Å². The largest absolute Gasteiger partial charge is 0.458 e. The van der Waals surface area contributed by atoms with Crippen LogP contribution in [0, 0.1) is 29.1 Å². The monoisotopic (exact) mass is 528 g/mol. The Morgan fingerprint density at radius 3 is 2.68 bits per heavy atom. The van der Waals surface area contributed by atoms with E-state index in [1.165, 1.54) is 24.8 Å². The second-order valence-electron chi connectivity index (χ2n) is 12.4. The Balaban J connectivity index is 1.45. The van der Waals surface area contributed by atoms with Crippen LogP contribution < -0.4 is 0 Å². The van der Waals surface area contributed by atoms with Crippen molar-refractivity contribution in [3.63, 3.8) is 0 Å². The maximum absolute atomic E-state index is 12.1. The minimum absolute atomic E-state index is 0.0152. The summed E-state index contributed by atoms with van der Waals surface area (Å²) in [5.74, 6) is 1.48. The highest BCUT2D eigenvalue weighted by Gasteiger charge is 2.51. The van der Waals surface area contributed by atoms with Crippen molar-refractivity contribution in [1.29, 1.82) is 0 Å². The second kappa shape index (κ2) is 12.2. The van der Waals surface area contributed by atoms with Crippen LogP contribution in [0.15, 0.2) is 47.6 Å². The van der Waals surface area contributed by atoms with Crippen LogP contribution in [0.2, 0.25) is 0 Å². The zero-order chi connectivity index (χ0) is 27.6. The van der Waals surface area contributed by atoms with Crippen LogP contribution >= 0.6 is 0 Å². The first-order chi connectivity index (χ1) is 18.1. The Bertz CT molecular complexity index is 965. The maximum atomic E-state index is 12.1. The van der Waals surface area contributed by atoms with E-state index in [0.29, 0.717) is 48.3 Å². The van der Waals surface area contributed by atoms with Crippen molar-refractivity contribution in [2.45, 2.75) is 103 Å². The molecule has 1 heterocycles. The zero-order valence-corrected chi connectivity index (χ0v) is 23.5. The van der Waals surface area contributed by atoms with Gasteiger partial charge < -0.3 is 24.8 Å². The lowest BCUT2D eigenvalue weighted by Crippen LogP contribution is -2.45. The van der Waals surface area contributed by atoms with Crippen LogP contribution in [0.1, 0.15) is 78.6 Å². The summed E-state index contributed by atoms with van der Waals surface area (Å²) in [7, 11) is 0. The summed E-state index contributed by atoms with van der Waals surface area (Å²) in [6, 6.07) is 0. The van der Waals surface area contributed by atoms with Gasteiger partial charge in [-0.1, -0.05) is 51.7 Å². The Morgan fingerprint density at radius 1 is 1.21 bits per heavy atom. The molecule has 0 bridgehead atoms. The number of ether oxygens (including phenoxy) is 2. The molecule has 0 spiro atoms. The number of carbonyl (C=O) groups is 1. The summed E-state index contributed by atoms with van der Waals surface area (Å²) in [6.45, 7) is 15.3. The molecule has 3 N–H and O–H groups in total. The van der Waals surface area contributed by atoms with Gasteiger partial charge in [-0.2, -0.15) is 0 Å². The van der Waals surface area contributed by atoms with Gasteiger partial charge in [0.2, 0.25) is 0 Å². The van der Waals surface area contributed by atoms with Crippen LogP contribution in [0.5, 0.6) is 0 Å². The summed E-state index contributed by atoms with van der Waals surface area (Å²) in [4.78, 5) is 12.1. The summed E-state index contributed by atoms with van der Waals surface area (Å²) in [5.41, 5.74) is 3.81. The van der Waals surface area contributed by atoms with Gasteiger partial charge in [-0.15, -0.1) is 0 Å².